The highest BCUT2D eigenvalue weighted by molar-refractivity contribution is 5.81. The van der Waals surface area contributed by atoms with Gasteiger partial charge in [0.15, 0.2) is 35.5 Å². The Morgan fingerprint density at radius 1 is 0.960 bits per heavy atom. The Balaban J connectivity index is 1.76. The maximum Gasteiger partial charge on any atom is 0.189 e. The zero-order valence-corrected chi connectivity index (χ0v) is 13.7. The molecule has 2 aromatic carbocycles. The fourth-order valence-electron chi connectivity index (χ4n) is 2.72. The van der Waals surface area contributed by atoms with Crippen LogP contribution >= 0.6 is 0 Å². The molecule has 7 nitrogen and oxygen atoms in total. The fourth-order valence-corrected chi connectivity index (χ4v) is 2.72. The van der Waals surface area contributed by atoms with Crippen LogP contribution in [0.1, 0.15) is 0 Å². The van der Waals surface area contributed by atoms with Crippen LogP contribution in [-0.4, -0.2) is 26.1 Å². The van der Waals surface area contributed by atoms with Crippen LogP contribution in [-0.2, 0) is 0 Å². The normalized spacial score (nSPS) is 12.7. The zero-order chi connectivity index (χ0) is 17.2. The van der Waals surface area contributed by atoms with Gasteiger partial charge in [0.05, 0.1) is 20.4 Å². The predicted octanol–water partition coefficient (Wildman–Crippen LogP) is 3.26. The number of methoxy groups -OCH3 is 2. The second kappa shape index (κ2) is 6.37. The van der Waals surface area contributed by atoms with E-state index in [1.165, 1.54) is 0 Å². The van der Waals surface area contributed by atoms with E-state index >= 15 is 0 Å². The van der Waals surface area contributed by atoms with Crippen molar-refractivity contribution in [2.75, 3.05) is 21.0 Å². The number of aromatic nitrogens is 1. The third-order valence-corrected chi connectivity index (χ3v) is 3.94. The number of hydrogen-bond donors (Lipinski definition) is 1. The van der Waals surface area contributed by atoms with Crippen LogP contribution in [0.25, 0.3) is 22.5 Å². The molecule has 0 atom stereocenters. The molecule has 1 aliphatic rings. The van der Waals surface area contributed by atoms with E-state index in [-0.39, 0.29) is 0 Å². The van der Waals surface area contributed by atoms with Crippen LogP contribution in [0.15, 0.2) is 47.1 Å². The lowest BCUT2D eigenvalue weighted by atomic mass is 10.0. The molecule has 128 valence electrons. The number of nitrogens with zero attached hydrogens (tertiary/aromatic N) is 1. The summed E-state index contributed by atoms with van der Waals surface area (Å²) in [7, 11) is 3.19. The maximum absolute atomic E-state index is 5.55. The highest BCUT2D eigenvalue weighted by Gasteiger charge is 2.18. The van der Waals surface area contributed by atoms with Gasteiger partial charge in [0.1, 0.15) is 0 Å². The molecule has 25 heavy (non-hydrogen) atoms. The van der Waals surface area contributed by atoms with E-state index in [2.05, 4.69) is 10.6 Å². The topological polar surface area (TPSA) is 75.0 Å². The van der Waals surface area contributed by atoms with Crippen molar-refractivity contribution < 1.29 is 23.6 Å². The molecule has 2 heterocycles. The molecule has 0 spiro atoms. The molecule has 0 saturated carbocycles. The Morgan fingerprint density at radius 2 is 1.80 bits per heavy atom. The van der Waals surface area contributed by atoms with Crippen LogP contribution in [0, 0.1) is 0 Å². The molecule has 0 fully saturated rings. The molecule has 1 N–H and O–H groups in total. The third kappa shape index (κ3) is 2.74. The number of benzene rings is 2. The van der Waals surface area contributed by atoms with Gasteiger partial charge in [-0.15, -0.1) is 5.48 Å². The standard InChI is InChI=1S/C18H16N2O5/c1-21-14-5-4-12(8-16(14)22-2)18-13(9-19-25-18)11-3-6-15-17(7-11)23-10-20-24-15/h3-9,20H,10H2,1-2H3. The second-order valence-electron chi connectivity index (χ2n) is 5.33. The summed E-state index contributed by atoms with van der Waals surface area (Å²) in [5, 5.41) is 3.95. The molecule has 4 rings (SSSR count). The Kier molecular flexibility index (Phi) is 3.91. The first kappa shape index (κ1) is 15.3. The smallest absolute Gasteiger partial charge is 0.189 e. The van der Waals surface area contributed by atoms with Gasteiger partial charge in [-0.25, -0.2) is 0 Å². The van der Waals surface area contributed by atoms with Gasteiger partial charge < -0.3 is 23.6 Å². The molecule has 0 amide bonds. The van der Waals surface area contributed by atoms with Crippen LogP contribution in [0.4, 0.5) is 0 Å². The highest BCUT2D eigenvalue weighted by atomic mass is 16.7. The van der Waals surface area contributed by atoms with Crippen LogP contribution in [0.3, 0.4) is 0 Å². The first-order chi connectivity index (χ1) is 12.3. The maximum atomic E-state index is 5.55. The van der Waals surface area contributed by atoms with Crippen LogP contribution < -0.4 is 24.5 Å². The van der Waals surface area contributed by atoms with E-state index in [0.29, 0.717) is 35.5 Å². The summed E-state index contributed by atoms with van der Waals surface area (Å²) < 4.78 is 21.7. The van der Waals surface area contributed by atoms with E-state index in [0.717, 1.165) is 16.7 Å². The van der Waals surface area contributed by atoms with Gasteiger partial charge >= 0.3 is 0 Å². The lowest BCUT2D eigenvalue weighted by Gasteiger charge is -2.18. The van der Waals surface area contributed by atoms with Crippen LogP contribution in [0.5, 0.6) is 23.0 Å². The largest absolute Gasteiger partial charge is 0.493 e. The molecular formula is C18H16N2O5. The van der Waals surface area contributed by atoms with Gasteiger partial charge in [0.2, 0.25) is 0 Å². The molecule has 7 heteroatoms. The number of hydroxylamine groups is 1. The lowest BCUT2D eigenvalue weighted by molar-refractivity contribution is 0.0767. The minimum atomic E-state index is 0.294. The van der Waals surface area contributed by atoms with Crippen LogP contribution in [0.2, 0.25) is 0 Å². The Bertz CT molecular complexity index is 852. The van der Waals surface area contributed by atoms with Gasteiger partial charge in [-0.3, -0.25) is 0 Å². The highest BCUT2D eigenvalue weighted by Crippen LogP contribution is 2.39. The Hall–Kier alpha value is -3.19. The second-order valence-corrected chi connectivity index (χ2v) is 5.33. The van der Waals surface area contributed by atoms with Crippen molar-refractivity contribution in [3.8, 4) is 45.4 Å². The van der Waals surface area contributed by atoms with Crippen molar-refractivity contribution in [1.29, 1.82) is 0 Å². The predicted molar refractivity (Wildman–Crippen MR) is 89.7 cm³/mol. The number of nitrogens with one attached hydrogen (secondary N) is 1. The lowest BCUT2D eigenvalue weighted by Crippen LogP contribution is -2.28. The summed E-state index contributed by atoms with van der Waals surface area (Å²) in [4.78, 5) is 5.32. The minimum absolute atomic E-state index is 0.294. The van der Waals surface area contributed by atoms with Crippen molar-refractivity contribution in [2.24, 2.45) is 0 Å². The summed E-state index contributed by atoms with van der Waals surface area (Å²) in [6.07, 6.45) is 1.68. The quantitative estimate of drug-likeness (QED) is 0.781. The van der Waals surface area contributed by atoms with Crippen molar-refractivity contribution in [1.82, 2.24) is 10.6 Å². The van der Waals surface area contributed by atoms with Gasteiger partial charge in [-0.2, -0.15) is 0 Å². The van der Waals surface area contributed by atoms with Crippen molar-refractivity contribution in [3.63, 3.8) is 0 Å². The molecule has 0 radical (unpaired) electrons. The summed E-state index contributed by atoms with van der Waals surface area (Å²) in [6, 6.07) is 11.2. The van der Waals surface area contributed by atoms with E-state index in [4.69, 9.17) is 23.6 Å². The SMILES string of the molecule is COc1ccc(-c2oncc2-c2ccc3c(c2)OCNO3)cc1OC. The third-order valence-electron chi connectivity index (χ3n) is 3.94. The van der Waals surface area contributed by atoms with Crippen molar-refractivity contribution in [2.45, 2.75) is 0 Å². The number of fused-ring (bicyclic) bond motifs is 1. The van der Waals surface area contributed by atoms with E-state index in [9.17, 15) is 0 Å². The average molecular weight is 340 g/mol. The van der Waals surface area contributed by atoms with Crippen molar-refractivity contribution >= 4 is 0 Å². The molecule has 0 aliphatic carbocycles. The summed E-state index contributed by atoms with van der Waals surface area (Å²) in [5.41, 5.74) is 5.27. The number of hydrogen-bond acceptors (Lipinski definition) is 7. The Labute approximate surface area is 144 Å². The monoisotopic (exact) mass is 340 g/mol. The van der Waals surface area contributed by atoms with E-state index in [1.54, 1.807) is 20.4 Å². The first-order valence-corrected chi connectivity index (χ1v) is 7.64. The fraction of sp³-hybridized carbons (Fsp3) is 0.167. The van der Waals surface area contributed by atoms with Gasteiger partial charge in [-0.1, -0.05) is 11.2 Å². The molecule has 1 aromatic heterocycles. The zero-order valence-electron chi connectivity index (χ0n) is 13.7. The minimum Gasteiger partial charge on any atom is -0.493 e. The Morgan fingerprint density at radius 3 is 2.64 bits per heavy atom. The van der Waals surface area contributed by atoms with Gasteiger partial charge in [0, 0.05) is 11.1 Å². The van der Waals surface area contributed by atoms with E-state index < -0.39 is 0 Å². The van der Waals surface area contributed by atoms with Crippen molar-refractivity contribution in [3.05, 3.63) is 42.6 Å². The van der Waals surface area contributed by atoms with Gasteiger partial charge in [-0.05, 0) is 35.9 Å². The summed E-state index contributed by atoms with van der Waals surface area (Å²) >= 11 is 0. The first-order valence-electron chi connectivity index (χ1n) is 7.64. The average Bonchev–Trinajstić information content (AvgIpc) is 3.16. The van der Waals surface area contributed by atoms with Gasteiger partial charge in [0.25, 0.3) is 0 Å². The number of ether oxygens (including phenoxy) is 3. The summed E-state index contributed by atoms with van der Waals surface area (Å²) in [6.45, 7) is 0.294. The van der Waals surface area contributed by atoms with E-state index in [1.807, 2.05) is 36.4 Å². The summed E-state index contributed by atoms with van der Waals surface area (Å²) in [5.74, 6) is 3.21. The molecule has 0 unspecified atom stereocenters. The molecule has 3 aromatic rings. The number of rotatable bonds is 4. The molecule has 1 aliphatic heterocycles. The molecule has 0 bridgehead atoms. The molecule has 0 saturated heterocycles. The molecular weight excluding hydrogens is 324 g/mol.